The molecule has 1 amide bonds. The van der Waals surface area contributed by atoms with Crippen molar-refractivity contribution in [3.05, 3.63) is 34.2 Å². The Morgan fingerprint density at radius 2 is 2.14 bits per heavy atom. The number of hydrogen-bond donors (Lipinski definition) is 2. The summed E-state index contributed by atoms with van der Waals surface area (Å²) in [6.07, 6.45) is 0.380. The summed E-state index contributed by atoms with van der Waals surface area (Å²) in [6, 6.07) is 5.74. The first-order valence-electron chi connectivity index (χ1n) is 6.42. The average Bonchev–Trinajstić information content (AvgIpc) is 2.89. The van der Waals surface area contributed by atoms with Gasteiger partial charge in [-0.05, 0) is 35.7 Å². The fourth-order valence-electron chi connectivity index (χ4n) is 2.57. The molecule has 5 nitrogen and oxygen atoms in total. The minimum Gasteiger partial charge on any atom is -0.477 e. The normalized spacial score (nSPS) is 13.6. The quantitative estimate of drug-likeness (QED) is 0.893. The molecule has 0 radical (unpaired) electrons. The topological polar surface area (TPSA) is 83.6 Å². The summed E-state index contributed by atoms with van der Waals surface area (Å²) >= 11 is 1.17. The molecule has 3 N–H and O–H groups in total. The van der Waals surface area contributed by atoms with E-state index in [4.69, 9.17) is 10.8 Å². The molecule has 6 heteroatoms. The highest BCUT2D eigenvalue weighted by atomic mass is 32.1. The number of carboxylic acid groups (broad SMARTS) is 1. The summed E-state index contributed by atoms with van der Waals surface area (Å²) in [5.41, 5.74) is 9.72. The number of nitrogens with zero attached hydrogens (tertiary/aromatic N) is 1. The van der Waals surface area contributed by atoms with Crippen LogP contribution in [0.25, 0.3) is 10.4 Å². The van der Waals surface area contributed by atoms with Gasteiger partial charge < -0.3 is 15.7 Å². The van der Waals surface area contributed by atoms with Crippen molar-refractivity contribution in [2.24, 2.45) is 0 Å². The maximum Gasteiger partial charge on any atom is 0.348 e. The molecule has 1 aromatic carbocycles. The Kier molecular flexibility index (Phi) is 2.98. The number of nitrogens with two attached hydrogens (primary N) is 1. The monoisotopic (exact) mass is 302 g/mol. The molecule has 1 aliphatic heterocycles. The van der Waals surface area contributed by atoms with Gasteiger partial charge in [-0.2, -0.15) is 0 Å². The van der Waals surface area contributed by atoms with E-state index in [1.165, 1.54) is 11.3 Å². The van der Waals surface area contributed by atoms with Crippen LogP contribution in [-0.2, 0) is 11.2 Å². The molecule has 0 unspecified atom stereocenters. The van der Waals surface area contributed by atoms with Gasteiger partial charge in [0, 0.05) is 17.6 Å². The second kappa shape index (κ2) is 4.60. The van der Waals surface area contributed by atoms with Crippen molar-refractivity contribution in [2.75, 3.05) is 17.7 Å². The molecule has 0 saturated heterocycles. The third-order valence-corrected chi connectivity index (χ3v) is 5.15. The van der Waals surface area contributed by atoms with Crippen molar-refractivity contribution in [1.82, 2.24) is 0 Å². The zero-order valence-corrected chi connectivity index (χ0v) is 12.5. The summed E-state index contributed by atoms with van der Waals surface area (Å²) in [4.78, 5) is 25.5. The molecular weight excluding hydrogens is 288 g/mol. The zero-order valence-electron chi connectivity index (χ0n) is 11.6. The minimum atomic E-state index is -1.01. The third kappa shape index (κ3) is 1.99. The Morgan fingerprint density at radius 3 is 2.76 bits per heavy atom. The van der Waals surface area contributed by atoms with Crippen molar-refractivity contribution in [1.29, 1.82) is 0 Å². The van der Waals surface area contributed by atoms with Crippen LogP contribution in [-0.4, -0.2) is 24.0 Å². The van der Waals surface area contributed by atoms with Crippen molar-refractivity contribution in [3.63, 3.8) is 0 Å². The predicted octanol–water partition coefficient (Wildman–Crippen LogP) is 2.52. The van der Waals surface area contributed by atoms with E-state index in [2.05, 4.69) is 0 Å². The van der Waals surface area contributed by atoms with Crippen LogP contribution < -0.4 is 10.6 Å². The van der Waals surface area contributed by atoms with Crippen LogP contribution in [0, 0.1) is 6.92 Å². The molecule has 1 aliphatic rings. The second-order valence-corrected chi connectivity index (χ2v) is 6.10. The van der Waals surface area contributed by atoms with Crippen LogP contribution in [0.3, 0.4) is 0 Å². The fourth-order valence-corrected chi connectivity index (χ4v) is 3.63. The number of hydrogen-bond acceptors (Lipinski definition) is 4. The van der Waals surface area contributed by atoms with Crippen LogP contribution >= 0.6 is 11.3 Å². The van der Waals surface area contributed by atoms with E-state index in [0.29, 0.717) is 12.1 Å². The molecule has 0 bridgehead atoms. The molecule has 0 fully saturated rings. The first-order valence-corrected chi connectivity index (χ1v) is 7.23. The zero-order chi connectivity index (χ0) is 15.3. The van der Waals surface area contributed by atoms with E-state index in [1.54, 1.807) is 11.9 Å². The lowest BCUT2D eigenvalue weighted by atomic mass is 10.0. The van der Waals surface area contributed by atoms with Crippen molar-refractivity contribution < 1.29 is 14.7 Å². The highest BCUT2D eigenvalue weighted by Crippen LogP contribution is 2.40. The standard InChI is InChI=1S/C15H14N2O3S/c1-7-12(16)14(15(19)20)21-13(7)8-3-4-10-9(5-8)6-11(18)17(10)2/h3-5H,6,16H2,1-2H3,(H,19,20). The molecule has 1 aromatic heterocycles. The van der Waals surface area contributed by atoms with E-state index in [9.17, 15) is 9.59 Å². The number of carbonyl (C=O) groups excluding carboxylic acids is 1. The first kappa shape index (κ1) is 13.6. The van der Waals surface area contributed by atoms with Gasteiger partial charge in [-0.1, -0.05) is 6.07 Å². The summed E-state index contributed by atoms with van der Waals surface area (Å²) in [5.74, 6) is -0.946. The number of fused-ring (bicyclic) bond motifs is 1. The van der Waals surface area contributed by atoms with Crippen LogP contribution in [0.1, 0.15) is 20.8 Å². The molecule has 2 aromatic rings. The minimum absolute atomic E-state index is 0.0655. The summed E-state index contributed by atoms with van der Waals surface area (Å²) in [7, 11) is 1.75. The fraction of sp³-hybridized carbons (Fsp3) is 0.200. The van der Waals surface area contributed by atoms with Gasteiger partial charge in [0.1, 0.15) is 4.88 Å². The molecule has 0 atom stereocenters. The average molecular weight is 302 g/mol. The first-order chi connectivity index (χ1) is 9.90. The molecule has 21 heavy (non-hydrogen) atoms. The van der Waals surface area contributed by atoms with Crippen molar-refractivity contribution in [2.45, 2.75) is 13.3 Å². The SMILES string of the molecule is Cc1c(-c2ccc3c(c2)CC(=O)N3C)sc(C(=O)O)c1N. The number of rotatable bonds is 2. The van der Waals surface area contributed by atoms with Gasteiger partial charge in [-0.3, -0.25) is 4.79 Å². The Hall–Kier alpha value is -2.34. The molecule has 108 valence electrons. The van der Waals surface area contributed by atoms with Gasteiger partial charge in [0.2, 0.25) is 5.91 Å². The second-order valence-electron chi connectivity index (χ2n) is 5.08. The number of anilines is 2. The van der Waals surface area contributed by atoms with Gasteiger partial charge in [0.25, 0.3) is 0 Å². The highest BCUT2D eigenvalue weighted by molar-refractivity contribution is 7.18. The number of carboxylic acids is 1. The molecule has 0 aliphatic carbocycles. The molecule has 3 rings (SSSR count). The summed E-state index contributed by atoms with van der Waals surface area (Å²) in [5, 5.41) is 9.15. The highest BCUT2D eigenvalue weighted by Gasteiger charge is 2.25. The lowest BCUT2D eigenvalue weighted by Crippen LogP contribution is -2.20. The lowest BCUT2D eigenvalue weighted by molar-refractivity contribution is -0.117. The number of amides is 1. The van der Waals surface area contributed by atoms with Crippen molar-refractivity contribution >= 4 is 34.6 Å². The maximum atomic E-state index is 11.7. The van der Waals surface area contributed by atoms with Gasteiger partial charge in [0.15, 0.2) is 0 Å². The lowest BCUT2D eigenvalue weighted by Gasteiger charge is -2.10. The Labute approximate surface area is 125 Å². The van der Waals surface area contributed by atoms with Crippen LogP contribution in [0.4, 0.5) is 11.4 Å². The van der Waals surface area contributed by atoms with E-state index in [1.807, 2.05) is 25.1 Å². The molecule has 0 spiro atoms. The van der Waals surface area contributed by atoms with Gasteiger partial charge >= 0.3 is 5.97 Å². The third-order valence-electron chi connectivity index (χ3n) is 3.81. The molecule has 2 heterocycles. The van der Waals surface area contributed by atoms with Gasteiger partial charge in [-0.25, -0.2) is 4.79 Å². The number of benzene rings is 1. The number of aromatic carboxylic acids is 1. The number of nitrogen functional groups attached to an aromatic ring is 1. The van der Waals surface area contributed by atoms with Gasteiger partial charge in [-0.15, -0.1) is 11.3 Å². The Morgan fingerprint density at radius 1 is 1.43 bits per heavy atom. The Bertz CT molecular complexity index is 779. The summed E-state index contributed by atoms with van der Waals surface area (Å²) in [6.45, 7) is 1.82. The molecule has 0 saturated carbocycles. The molecular formula is C15H14N2O3S. The van der Waals surface area contributed by atoms with Crippen molar-refractivity contribution in [3.8, 4) is 10.4 Å². The van der Waals surface area contributed by atoms with E-state index < -0.39 is 5.97 Å². The Balaban J connectivity index is 2.11. The number of likely N-dealkylation sites (N-methyl/N-ethyl adjacent to an activating group) is 1. The predicted molar refractivity (Wildman–Crippen MR) is 83.0 cm³/mol. The van der Waals surface area contributed by atoms with Crippen LogP contribution in [0.5, 0.6) is 0 Å². The largest absolute Gasteiger partial charge is 0.477 e. The maximum absolute atomic E-state index is 11.7. The van der Waals surface area contributed by atoms with E-state index in [-0.39, 0.29) is 10.8 Å². The smallest absolute Gasteiger partial charge is 0.348 e. The summed E-state index contributed by atoms with van der Waals surface area (Å²) < 4.78 is 0. The van der Waals surface area contributed by atoms with Crippen LogP contribution in [0.15, 0.2) is 18.2 Å². The van der Waals surface area contributed by atoms with Gasteiger partial charge in [0.05, 0.1) is 12.1 Å². The van der Waals surface area contributed by atoms with E-state index in [0.717, 1.165) is 27.3 Å². The number of thiophene rings is 1. The number of carbonyl (C=O) groups is 2. The van der Waals surface area contributed by atoms with Crippen LogP contribution in [0.2, 0.25) is 0 Å². The van der Waals surface area contributed by atoms with E-state index >= 15 is 0 Å².